The molecular formula is C11H15NO3. The largest absolute Gasteiger partial charge is 0.480 e. The fourth-order valence-corrected chi connectivity index (χ4v) is 1.38. The molecule has 0 aromatic heterocycles. The van der Waals surface area contributed by atoms with Crippen molar-refractivity contribution in [3.05, 3.63) is 35.4 Å². The van der Waals surface area contributed by atoms with Crippen LogP contribution in [0, 0.1) is 0 Å². The van der Waals surface area contributed by atoms with E-state index < -0.39 is 12.0 Å². The molecule has 4 N–H and O–H groups in total. The van der Waals surface area contributed by atoms with Crippen molar-refractivity contribution < 1.29 is 15.0 Å². The second-order valence-electron chi connectivity index (χ2n) is 3.44. The van der Waals surface area contributed by atoms with Gasteiger partial charge < -0.3 is 15.9 Å². The number of carboxylic acids is 1. The lowest BCUT2D eigenvalue weighted by atomic mass is 10.0. The normalized spacial score (nSPS) is 12.4. The third kappa shape index (κ3) is 3.69. The van der Waals surface area contributed by atoms with Crippen LogP contribution in [0.5, 0.6) is 0 Å². The maximum Gasteiger partial charge on any atom is 0.320 e. The van der Waals surface area contributed by atoms with Crippen LogP contribution in [0.25, 0.3) is 0 Å². The molecule has 0 saturated carbocycles. The predicted octanol–water partition coefficient (Wildman–Crippen LogP) is 0.176. The van der Waals surface area contributed by atoms with Crippen LogP contribution in [-0.4, -0.2) is 28.8 Å². The van der Waals surface area contributed by atoms with E-state index >= 15 is 0 Å². The van der Waals surface area contributed by atoms with E-state index in [-0.39, 0.29) is 6.61 Å². The zero-order chi connectivity index (χ0) is 11.3. The number of benzene rings is 1. The minimum absolute atomic E-state index is 0.0917. The molecule has 0 heterocycles. The summed E-state index contributed by atoms with van der Waals surface area (Å²) in [6, 6.07) is 6.58. The van der Waals surface area contributed by atoms with E-state index in [9.17, 15) is 4.79 Å². The van der Waals surface area contributed by atoms with Crippen molar-refractivity contribution in [1.29, 1.82) is 0 Å². The first-order valence-electron chi connectivity index (χ1n) is 4.80. The zero-order valence-electron chi connectivity index (χ0n) is 8.39. The Hall–Kier alpha value is -1.39. The van der Waals surface area contributed by atoms with Gasteiger partial charge in [0.2, 0.25) is 0 Å². The summed E-state index contributed by atoms with van der Waals surface area (Å²) in [6.45, 7) is 0.0917. The van der Waals surface area contributed by atoms with Crippen LogP contribution in [0.4, 0.5) is 0 Å². The maximum absolute atomic E-state index is 10.5. The van der Waals surface area contributed by atoms with Gasteiger partial charge in [-0.05, 0) is 24.0 Å². The monoisotopic (exact) mass is 209 g/mol. The van der Waals surface area contributed by atoms with Gasteiger partial charge in [-0.2, -0.15) is 0 Å². The lowest BCUT2D eigenvalue weighted by molar-refractivity contribution is -0.138. The molecule has 0 radical (unpaired) electrons. The SMILES string of the molecule is N[C@@H](Cc1cccc(CCO)c1)C(=O)O. The van der Waals surface area contributed by atoms with Gasteiger partial charge in [0.05, 0.1) is 0 Å². The highest BCUT2D eigenvalue weighted by molar-refractivity contribution is 5.73. The molecule has 4 heteroatoms. The minimum atomic E-state index is -0.998. The quantitative estimate of drug-likeness (QED) is 0.645. The second kappa shape index (κ2) is 5.48. The standard InChI is InChI=1S/C11H15NO3/c12-10(11(14)15)7-9-3-1-2-8(6-9)4-5-13/h1-3,6,10,13H,4-5,7,12H2,(H,14,15)/t10-/m0/s1. The molecule has 4 nitrogen and oxygen atoms in total. The lowest BCUT2D eigenvalue weighted by Crippen LogP contribution is -2.32. The maximum atomic E-state index is 10.5. The van der Waals surface area contributed by atoms with Crippen LogP contribution in [0.3, 0.4) is 0 Å². The first-order chi connectivity index (χ1) is 7.13. The Morgan fingerprint density at radius 3 is 2.67 bits per heavy atom. The molecule has 1 atom stereocenters. The van der Waals surface area contributed by atoms with Crippen molar-refractivity contribution >= 4 is 5.97 Å². The molecule has 0 saturated heterocycles. The number of carbonyl (C=O) groups is 1. The third-order valence-electron chi connectivity index (χ3n) is 2.16. The van der Waals surface area contributed by atoms with Crippen LogP contribution >= 0.6 is 0 Å². The Labute approximate surface area is 88.3 Å². The molecule has 0 aliphatic rings. The Morgan fingerprint density at radius 2 is 2.07 bits per heavy atom. The summed E-state index contributed by atoms with van der Waals surface area (Å²) in [7, 11) is 0. The second-order valence-corrected chi connectivity index (χ2v) is 3.44. The van der Waals surface area contributed by atoms with Crippen molar-refractivity contribution in [3.8, 4) is 0 Å². The van der Waals surface area contributed by atoms with Gasteiger partial charge in [0.25, 0.3) is 0 Å². The molecule has 0 spiro atoms. The fourth-order valence-electron chi connectivity index (χ4n) is 1.38. The van der Waals surface area contributed by atoms with Crippen molar-refractivity contribution in [2.75, 3.05) is 6.61 Å². The van der Waals surface area contributed by atoms with Crippen molar-refractivity contribution in [1.82, 2.24) is 0 Å². The Balaban J connectivity index is 2.68. The van der Waals surface area contributed by atoms with E-state index in [2.05, 4.69) is 0 Å². The number of hydrogen-bond donors (Lipinski definition) is 3. The highest BCUT2D eigenvalue weighted by atomic mass is 16.4. The van der Waals surface area contributed by atoms with E-state index in [0.717, 1.165) is 11.1 Å². The summed E-state index contributed by atoms with van der Waals surface area (Å²) >= 11 is 0. The van der Waals surface area contributed by atoms with E-state index in [0.29, 0.717) is 12.8 Å². The van der Waals surface area contributed by atoms with Crippen molar-refractivity contribution in [2.24, 2.45) is 5.73 Å². The number of nitrogens with two attached hydrogens (primary N) is 1. The first-order valence-corrected chi connectivity index (χ1v) is 4.80. The van der Waals surface area contributed by atoms with Crippen molar-refractivity contribution in [2.45, 2.75) is 18.9 Å². The van der Waals surface area contributed by atoms with Crippen LogP contribution in [0.15, 0.2) is 24.3 Å². The Kier molecular flexibility index (Phi) is 4.27. The number of aliphatic hydroxyl groups is 1. The van der Waals surface area contributed by atoms with Gasteiger partial charge in [-0.1, -0.05) is 24.3 Å². The molecule has 0 amide bonds. The summed E-state index contributed by atoms with van der Waals surface area (Å²) in [6.07, 6.45) is 0.894. The lowest BCUT2D eigenvalue weighted by Gasteiger charge is -2.07. The van der Waals surface area contributed by atoms with Gasteiger partial charge in [0.15, 0.2) is 0 Å². The summed E-state index contributed by atoms with van der Waals surface area (Å²) < 4.78 is 0. The number of aliphatic hydroxyl groups excluding tert-OH is 1. The van der Waals surface area contributed by atoms with Gasteiger partial charge in [-0.15, -0.1) is 0 Å². The smallest absolute Gasteiger partial charge is 0.320 e. The van der Waals surface area contributed by atoms with Crippen LogP contribution in [-0.2, 0) is 17.6 Å². The third-order valence-corrected chi connectivity index (χ3v) is 2.16. The van der Waals surface area contributed by atoms with Crippen LogP contribution < -0.4 is 5.73 Å². The molecular weight excluding hydrogens is 194 g/mol. The molecule has 0 bridgehead atoms. The highest BCUT2D eigenvalue weighted by Gasteiger charge is 2.11. The van der Waals surface area contributed by atoms with Crippen LogP contribution in [0.2, 0.25) is 0 Å². The van der Waals surface area contributed by atoms with Gasteiger partial charge in [0, 0.05) is 6.61 Å². The average molecular weight is 209 g/mol. The van der Waals surface area contributed by atoms with Gasteiger partial charge in [0.1, 0.15) is 6.04 Å². The molecule has 15 heavy (non-hydrogen) atoms. The molecule has 82 valence electrons. The molecule has 1 aromatic rings. The Bertz CT molecular complexity index is 338. The topological polar surface area (TPSA) is 83.5 Å². The zero-order valence-corrected chi connectivity index (χ0v) is 8.39. The summed E-state index contributed by atoms with van der Waals surface area (Å²) in [5.41, 5.74) is 7.30. The van der Waals surface area contributed by atoms with Gasteiger partial charge in [-0.25, -0.2) is 0 Å². The number of carboxylic acid groups (broad SMARTS) is 1. The minimum Gasteiger partial charge on any atom is -0.480 e. The van der Waals surface area contributed by atoms with E-state index in [4.69, 9.17) is 15.9 Å². The van der Waals surface area contributed by atoms with E-state index in [1.807, 2.05) is 24.3 Å². The molecule has 0 unspecified atom stereocenters. The van der Waals surface area contributed by atoms with Gasteiger partial charge >= 0.3 is 5.97 Å². The first kappa shape index (κ1) is 11.7. The van der Waals surface area contributed by atoms with E-state index in [1.165, 1.54) is 0 Å². The molecule has 0 aliphatic carbocycles. The molecule has 1 aromatic carbocycles. The number of hydrogen-bond acceptors (Lipinski definition) is 3. The highest BCUT2D eigenvalue weighted by Crippen LogP contribution is 2.07. The Morgan fingerprint density at radius 1 is 1.40 bits per heavy atom. The number of rotatable bonds is 5. The van der Waals surface area contributed by atoms with Gasteiger partial charge in [-0.3, -0.25) is 4.79 Å². The molecule has 1 rings (SSSR count). The average Bonchev–Trinajstić information content (AvgIpc) is 2.18. The summed E-state index contributed by atoms with van der Waals surface area (Å²) in [5.74, 6) is -0.998. The van der Waals surface area contributed by atoms with Crippen molar-refractivity contribution in [3.63, 3.8) is 0 Å². The fraction of sp³-hybridized carbons (Fsp3) is 0.364. The summed E-state index contributed by atoms with van der Waals surface area (Å²) in [4.78, 5) is 10.5. The number of aliphatic carboxylic acids is 1. The van der Waals surface area contributed by atoms with E-state index in [1.54, 1.807) is 0 Å². The molecule has 0 fully saturated rings. The molecule has 0 aliphatic heterocycles. The predicted molar refractivity (Wildman–Crippen MR) is 56.5 cm³/mol. The summed E-state index contributed by atoms with van der Waals surface area (Å²) in [5, 5.41) is 17.4. The van der Waals surface area contributed by atoms with Crippen LogP contribution in [0.1, 0.15) is 11.1 Å².